The Morgan fingerprint density at radius 3 is 2.48 bits per heavy atom. The molecule has 0 aliphatic carbocycles. The number of benzene rings is 2. The predicted molar refractivity (Wildman–Crippen MR) is 118 cm³/mol. The van der Waals surface area contributed by atoms with Crippen molar-refractivity contribution in [1.82, 2.24) is 14.2 Å². The summed E-state index contributed by atoms with van der Waals surface area (Å²) in [5.41, 5.74) is 1.65. The molecule has 0 bridgehead atoms. The highest BCUT2D eigenvalue weighted by Gasteiger charge is 2.44. The lowest BCUT2D eigenvalue weighted by Gasteiger charge is -2.10. The molecule has 2 aromatic carbocycles. The molecule has 0 N–H and O–H groups in total. The molecule has 0 radical (unpaired) electrons. The first-order valence-electron chi connectivity index (χ1n) is 10.5. The Balaban J connectivity index is 1.68. The van der Waals surface area contributed by atoms with Gasteiger partial charge in [-0.3, -0.25) is 4.79 Å². The number of Topliss-reactive ketones (excluding diaryl/α,β-unsaturated/α-hetero) is 1. The topological polar surface area (TPSA) is 48.5 Å². The van der Waals surface area contributed by atoms with Crippen LogP contribution in [0.4, 0.5) is 13.2 Å². The van der Waals surface area contributed by atoms with Crippen molar-refractivity contribution in [3.8, 4) is 16.9 Å². The van der Waals surface area contributed by atoms with Crippen molar-refractivity contribution in [2.24, 2.45) is 0 Å². The molecule has 0 saturated heterocycles. The Kier molecular flexibility index (Phi) is 5.40. The lowest BCUT2D eigenvalue weighted by Crippen LogP contribution is -2.25. The van der Waals surface area contributed by atoms with Gasteiger partial charge in [0.15, 0.2) is 5.82 Å². The SMILES string of the molecule is O=C(c1c(-c2ccccc2)c2c3n(c(COc4ccc(Cl)cc4)nn13)CCCC2)C(F)(F)F. The molecular weight excluding hydrogens is 455 g/mol. The average molecular weight is 474 g/mol. The van der Waals surface area contributed by atoms with E-state index in [4.69, 9.17) is 16.3 Å². The zero-order valence-electron chi connectivity index (χ0n) is 17.4. The van der Waals surface area contributed by atoms with Crippen molar-refractivity contribution in [1.29, 1.82) is 0 Å². The monoisotopic (exact) mass is 473 g/mol. The van der Waals surface area contributed by atoms with E-state index in [9.17, 15) is 18.0 Å². The highest BCUT2D eigenvalue weighted by Crippen LogP contribution is 2.39. The lowest BCUT2D eigenvalue weighted by atomic mass is 9.97. The van der Waals surface area contributed by atoms with E-state index in [1.165, 1.54) is 4.52 Å². The van der Waals surface area contributed by atoms with E-state index in [0.29, 0.717) is 51.9 Å². The van der Waals surface area contributed by atoms with Gasteiger partial charge in [-0.25, -0.2) is 4.52 Å². The van der Waals surface area contributed by atoms with Crippen LogP contribution in [0.15, 0.2) is 54.6 Å². The van der Waals surface area contributed by atoms with Crippen molar-refractivity contribution in [2.75, 3.05) is 0 Å². The zero-order valence-corrected chi connectivity index (χ0v) is 18.2. The van der Waals surface area contributed by atoms with Crippen LogP contribution >= 0.6 is 11.6 Å². The summed E-state index contributed by atoms with van der Waals surface area (Å²) >= 11 is 5.91. The third-order valence-corrected chi connectivity index (χ3v) is 6.03. The summed E-state index contributed by atoms with van der Waals surface area (Å²) in [6.45, 7) is 0.622. The molecule has 1 aliphatic heterocycles. The van der Waals surface area contributed by atoms with Gasteiger partial charge in [0.2, 0.25) is 0 Å². The largest absolute Gasteiger partial charge is 0.486 e. The number of carbonyl (C=O) groups excluding carboxylic acids is 1. The van der Waals surface area contributed by atoms with Crippen molar-refractivity contribution >= 4 is 23.0 Å². The molecule has 2 aromatic heterocycles. The van der Waals surface area contributed by atoms with Crippen LogP contribution in [0.5, 0.6) is 5.75 Å². The van der Waals surface area contributed by atoms with Gasteiger partial charge in [-0.1, -0.05) is 41.9 Å². The van der Waals surface area contributed by atoms with Gasteiger partial charge in [-0.05, 0) is 49.1 Å². The van der Waals surface area contributed by atoms with E-state index < -0.39 is 17.7 Å². The number of ketones is 1. The summed E-state index contributed by atoms with van der Waals surface area (Å²) in [5, 5.41) is 5.01. The van der Waals surface area contributed by atoms with Gasteiger partial charge in [0, 0.05) is 22.7 Å². The Labute approximate surface area is 192 Å². The van der Waals surface area contributed by atoms with Crippen LogP contribution in [-0.2, 0) is 19.6 Å². The van der Waals surface area contributed by atoms with Gasteiger partial charge in [-0.2, -0.15) is 13.2 Å². The number of carbonyl (C=O) groups is 1. The number of hydrogen-bond acceptors (Lipinski definition) is 3. The Morgan fingerprint density at radius 2 is 1.79 bits per heavy atom. The Hall–Kier alpha value is -3.26. The molecule has 0 atom stereocenters. The smallest absolute Gasteiger partial charge is 0.456 e. The maximum Gasteiger partial charge on any atom is 0.456 e. The van der Waals surface area contributed by atoms with Crippen LogP contribution in [0.1, 0.15) is 34.7 Å². The molecule has 4 aromatic rings. The van der Waals surface area contributed by atoms with Gasteiger partial charge < -0.3 is 9.30 Å². The first-order valence-corrected chi connectivity index (χ1v) is 10.9. The number of nitrogens with zero attached hydrogens (tertiary/aromatic N) is 3. The molecule has 0 unspecified atom stereocenters. The number of ether oxygens (including phenoxy) is 1. The minimum Gasteiger partial charge on any atom is -0.486 e. The van der Waals surface area contributed by atoms with Crippen LogP contribution in [-0.4, -0.2) is 26.1 Å². The standard InChI is InChI=1S/C24H19ClF3N3O2/c25-16-9-11-17(12-10-16)33-14-19-29-31-21(22(32)24(26,27)28)20(15-6-2-1-3-7-15)18-8-4-5-13-30(19)23(18)31/h1-3,6-7,9-12H,4-5,8,13-14H2. The molecule has 5 rings (SSSR count). The second-order valence-electron chi connectivity index (χ2n) is 7.90. The molecule has 5 nitrogen and oxygen atoms in total. The first kappa shape index (κ1) is 21.6. The summed E-state index contributed by atoms with van der Waals surface area (Å²) in [7, 11) is 0. The van der Waals surface area contributed by atoms with Crippen molar-refractivity contribution in [2.45, 2.75) is 38.6 Å². The number of alkyl halides is 3. The fourth-order valence-electron chi connectivity index (χ4n) is 4.35. The van der Waals surface area contributed by atoms with E-state index in [1.807, 2.05) is 4.57 Å². The average Bonchev–Trinajstić information content (AvgIpc) is 3.20. The second-order valence-corrected chi connectivity index (χ2v) is 8.33. The number of halogens is 4. The summed E-state index contributed by atoms with van der Waals surface area (Å²) in [6.07, 6.45) is -2.84. The van der Waals surface area contributed by atoms with E-state index in [-0.39, 0.29) is 6.61 Å². The third-order valence-electron chi connectivity index (χ3n) is 5.78. The highest BCUT2D eigenvalue weighted by atomic mass is 35.5. The van der Waals surface area contributed by atoms with E-state index in [1.54, 1.807) is 54.6 Å². The van der Waals surface area contributed by atoms with Crippen molar-refractivity contribution < 1.29 is 22.7 Å². The molecule has 170 valence electrons. The van der Waals surface area contributed by atoms with E-state index in [2.05, 4.69) is 5.10 Å². The fraction of sp³-hybridized carbons (Fsp3) is 0.250. The molecule has 0 saturated carbocycles. The van der Waals surface area contributed by atoms with Gasteiger partial charge >= 0.3 is 6.18 Å². The summed E-state index contributed by atoms with van der Waals surface area (Å²) in [5.74, 6) is -0.887. The third kappa shape index (κ3) is 3.88. The molecule has 0 fully saturated rings. The second kappa shape index (κ2) is 8.26. The molecule has 1 aliphatic rings. The molecular formula is C24H19ClF3N3O2. The summed E-state index contributed by atoms with van der Waals surface area (Å²) in [4.78, 5) is 12.6. The summed E-state index contributed by atoms with van der Waals surface area (Å²) < 4.78 is 49.8. The number of rotatable bonds is 5. The molecule has 0 amide bonds. The quantitative estimate of drug-likeness (QED) is 0.328. The van der Waals surface area contributed by atoms with Crippen molar-refractivity contribution in [3.05, 3.63) is 76.7 Å². The number of aryl methyl sites for hydroxylation is 2. The highest BCUT2D eigenvalue weighted by molar-refractivity contribution is 6.30. The van der Waals surface area contributed by atoms with Crippen LogP contribution < -0.4 is 4.74 Å². The van der Waals surface area contributed by atoms with Crippen LogP contribution in [0.2, 0.25) is 5.02 Å². The molecule has 0 spiro atoms. The molecule has 9 heteroatoms. The molecule has 33 heavy (non-hydrogen) atoms. The van der Waals surface area contributed by atoms with Gasteiger partial charge in [0.05, 0.1) is 0 Å². The van der Waals surface area contributed by atoms with E-state index >= 15 is 0 Å². The van der Waals surface area contributed by atoms with Gasteiger partial charge in [-0.15, -0.1) is 5.10 Å². The first-order chi connectivity index (χ1) is 15.8. The van der Waals surface area contributed by atoms with Crippen molar-refractivity contribution in [3.63, 3.8) is 0 Å². The number of hydrogen-bond donors (Lipinski definition) is 0. The Bertz CT molecular complexity index is 1330. The number of aromatic nitrogens is 3. The van der Waals surface area contributed by atoms with Crippen LogP contribution in [0, 0.1) is 0 Å². The van der Waals surface area contributed by atoms with Crippen LogP contribution in [0.3, 0.4) is 0 Å². The lowest BCUT2D eigenvalue weighted by molar-refractivity contribution is -0.0889. The van der Waals surface area contributed by atoms with E-state index in [0.717, 1.165) is 12.8 Å². The maximum absolute atomic E-state index is 13.6. The minimum atomic E-state index is -5.02. The summed E-state index contributed by atoms with van der Waals surface area (Å²) in [6, 6.07) is 15.5. The predicted octanol–water partition coefficient (Wildman–Crippen LogP) is 6.12. The maximum atomic E-state index is 13.6. The Morgan fingerprint density at radius 1 is 1.06 bits per heavy atom. The van der Waals surface area contributed by atoms with Crippen LogP contribution in [0.25, 0.3) is 16.8 Å². The zero-order chi connectivity index (χ0) is 23.2. The van der Waals surface area contributed by atoms with Gasteiger partial charge in [0.25, 0.3) is 5.78 Å². The fourth-order valence-corrected chi connectivity index (χ4v) is 4.48. The minimum absolute atomic E-state index is 0.0447. The normalized spacial score (nSPS) is 13.8. The van der Waals surface area contributed by atoms with Gasteiger partial charge in [0.1, 0.15) is 23.7 Å². The molecule has 3 heterocycles.